The lowest BCUT2D eigenvalue weighted by Crippen LogP contribution is -2.46. The van der Waals surface area contributed by atoms with Crippen LogP contribution in [0.3, 0.4) is 0 Å². The Bertz CT molecular complexity index is 972. The van der Waals surface area contributed by atoms with E-state index in [1.165, 1.54) is 17.2 Å². The second kappa shape index (κ2) is 5.88. The smallest absolute Gasteiger partial charge is 0.315 e. The van der Waals surface area contributed by atoms with Crippen LogP contribution < -0.4 is 10.3 Å². The zero-order valence-electron chi connectivity index (χ0n) is 13.6. The Balaban J connectivity index is 1.71. The predicted octanol–water partition coefficient (Wildman–Crippen LogP) is 1.73. The lowest BCUT2D eigenvalue weighted by atomic mass is 9.73. The first-order valence-corrected chi connectivity index (χ1v) is 8.43. The number of benzene rings is 1. The summed E-state index contributed by atoms with van der Waals surface area (Å²) in [6.07, 6.45) is 1.29. The summed E-state index contributed by atoms with van der Waals surface area (Å²) in [5.41, 5.74) is -0.683. The van der Waals surface area contributed by atoms with Crippen LogP contribution in [0.25, 0.3) is 0 Å². The van der Waals surface area contributed by atoms with E-state index in [4.69, 9.17) is 16.3 Å². The average molecular weight is 375 g/mol. The zero-order chi connectivity index (χ0) is 18.5. The molecule has 134 valence electrons. The number of aromatic amines is 1. The number of nitrogens with zero attached hydrogens (tertiary/aromatic N) is 1. The van der Waals surface area contributed by atoms with Gasteiger partial charge in [0.15, 0.2) is 0 Å². The number of likely N-dealkylation sites (tertiary alicyclic amines) is 1. The van der Waals surface area contributed by atoms with Gasteiger partial charge in [-0.25, -0.2) is 0 Å². The zero-order valence-corrected chi connectivity index (χ0v) is 14.3. The Morgan fingerprint density at radius 2 is 2.12 bits per heavy atom. The summed E-state index contributed by atoms with van der Waals surface area (Å²) in [5.74, 6) is -1.09. The lowest BCUT2D eigenvalue weighted by molar-refractivity contribution is -0.151. The molecule has 0 spiro atoms. The minimum absolute atomic E-state index is 0.000171. The molecule has 0 saturated carbocycles. The van der Waals surface area contributed by atoms with Crippen molar-refractivity contribution in [3.05, 3.63) is 63.0 Å². The molecule has 0 unspecified atom stereocenters. The van der Waals surface area contributed by atoms with E-state index in [0.717, 1.165) is 5.56 Å². The van der Waals surface area contributed by atoms with Gasteiger partial charge in [0.1, 0.15) is 22.8 Å². The number of halogens is 1. The van der Waals surface area contributed by atoms with Crippen LogP contribution in [0.5, 0.6) is 5.75 Å². The van der Waals surface area contributed by atoms with Gasteiger partial charge in [-0.1, -0.05) is 29.8 Å². The first-order valence-electron chi connectivity index (χ1n) is 8.05. The topological polar surface area (TPSA) is 99.7 Å². The molecule has 1 aromatic carbocycles. The summed E-state index contributed by atoms with van der Waals surface area (Å²) < 4.78 is 5.68. The largest absolute Gasteiger partial charge is 0.492 e. The third-order valence-electron chi connectivity index (χ3n) is 5.14. The van der Waals surface area contributed by atoms with Crippen molar-refractivity contribution in [1.29, 1.82) is 0 Å². The fourth-order valence-corrected chi connectivity index (χ4v) is 3.93. The average Bonchev–Trinajstić information content (AvgIpc) is 3.05. The van der Waals surface area contributed by atoms with E-state index in [9.17, 15) is 19.5 Å². The van der Waals surface area contributed by atoms with Gasteiger partial charge < -0.3 is 19.7 Å². The molecule has 1 aromatic heterocycles. The summed E-state index contributed by atoms with van der Waals surface area (Å²) in [7, 11) is 0. The van der Waals surface area contributed by atoms with Gasteiger partial charge in [0, 0.05) is 30.8 Å². The number of carboxylic acid groups (broad SMARTS) is 1. The molecule has 26 heavy (non-hydrogen) atoms. The van der Waals surface area contributed by atoms with Gasteiger partial charge >= 0.3 is 5.97 Å². The number of rotatable bonds is 2. The van der Waals surface area contributed by atoms with E-state index in [-0.39, 0.29) is 42.1 Å². The first kappa shape index (κ1) is 16.7. The third-order valence-corrected chi connectivity index (χ3v) is 5.42. The number of aliphatic carboxylic acids is 1. The van der Waals surface area contributed by atoms with Crippen molar-refractivity contribution < 1.29 is 19.4 Å². The van der Waals surface area contributed by atoms with Gasteiger partial charge in [0.25, 0.3) is 11.5 Å². The van der Waals surface area contributed by atoms with Crippen LogP contribution in [0.2, 0.25) is 5.02 Å². The molecular weight excluding hydrogens is 360 g/mol. The Hall–Kier alpha value is -2.80. The van der Waals surface area contributed by atoms with Gasteiger partial charge in [-0.3, -0.25) is 14.4 Å². The summed E-state index contributed by atoms with van der Waals surface area (Å²) >= 11 is 5.80. The standard InChI is InChI=1S/C18H15ClN2O5/c19-13-5-10(6-20-15(13)22)16(23)21-7-12-11-3-1-2-4-14(11)26-9-18(12,8-21)17(24)25/h1-6,12H,7-9H2,(H,20,22)(H,24,25)/t12-,18-/m0/s1. The summed E-state index contributed by atoms with van der Waals surface area (Å²) in [4.78, 5) is 40.2. The van der Waals surface area contributed by atoms with Crippen molar-refractivity contribution in [3.8, 4) is 5.75 Å². The maximum Gasteiger partial charge on any atom is 0.315 e. The fraction of sp³-hybridized carbons (Fsp3) is 0.278. The number of carbonyl (C=O) groups is 2. The Kier molecular flexibility index (Phi) is 3.77. The highest BCUT2D eigenvalue weighted by molar-refractivity contribution is 6.30. The molecule has 2 N–H and O–H groups in total. The number of nitrogens with one attached hydrogen (secondary N) is 1. The molecule has 4 rings (SSSR count). The molecule has 0 bridgehead atoms. The molecule has 3 heterocycles. The fourth-order valence-electron chi connectivity index (χ4n) is 3.75. The molecule has 2 aromatic rings. The molecule has 8 heteroatoms. The van der Waals surface area contributed by atoms with Crippen LogP contribution in [0, 0.1) is 5.41 Å². The normalized spacial score (nSPS) is 23.7. The number of H-pyrrole nitrogens is 1. The van der Waals surface area contributed by atoms with Crippen LogP contribution in [-0.4, -0.2) is 46.6 Å². The van der Waals surface area contributed by atoms with Crippen molar-refractivity contribution >= 4 is 23.5 Å². The molecule has 1 saturated heterocycles. The van der Waals surface area contributed by atoms with Gasteiger partial charge in [-0.05, 0) is 12.1 Å². The van der Waals surface area contributed by atoms with E-state index in [2.05, 4.69) is 4.98 Å². The Morgan fingerprint density at radius 3 is 2.85 bits per heavy atom. The number of hydrogen-bond donors (Lipinski definition) is 2. The number of carbonyl (C=O) groups excluding carboxylic acids is 1. The van der Waals surface area contributed by atoms with Crippen LogP contribution in [0.4, 0.5) is 0 Å². The SMILES string of the molecule is O=C(c1c[nH]c(=O)c(Cl)c1)N1C[C@H]2c3ccccc3OC[C@@]2(C(=O)O)C1. The molecule has 1 fully saturated rings. The molecule has 0 aliphatic carbocycles. The van der Waals surface area contributed by atoms with Gasteiger partial charge in [-0.2, -0.15) is 0 Å². The van der Waals surface area contributed by atoms with Crippen molar-refractivity contribution in [3.63, 3.8) is 0 Å². The highest BCUT2D eigenvalue weighted by Gasteiger charge is 2.57. The minimum Gasteiger partial charge on any atom is -0.492 e. The van der Waals surface area contributed by atoms with E-state index >= 15 is 0 Å². The molecule has 1 amide bonds. The number of carboxylic acids is 1. The van der Waals surface area contributed by atoms with Crippen LogP contribution >= 0.6 is 11.6 Å². The second-order valence-electron chi connectivity index (χ2n) is 6.59. The van der Waals surface area contributed by atoms with Crippen LogP contribution in [0.15, 0.2) is 41.3 Å². The van der Waals surface area contributed by atoms with Crippen LogP contribution in [-0.2, 0) is 4.79 Å². The van der Waals surface area contributed by atoms with Crippen molar-refractivity contribution in [2.75, 3.05) is 19.7 Å². The first-order chi connectivity index (χ1) is 12.4. The lowest BCUT2D eigenvalue weighted by Gasteiger charge is -2.35. The van der Waals surface area contributed by atoms with Gasteiger partial charge in [0.05, 0.1) is 5.56 Å². The number of amides is 1. The summed E-state index contributed by atoms with van der Waals surface area (Å²) in [6.45, 7) is 0.277. The molecule has 2 aliphatic heterocycles. The maximum atomic E-state index is 12.8. The number of fused-ring (bicyclic) bond motifs is 3. The molecule has 7 nitrogen and oxygen atoms in total. The number of para-hydroxylation sites is 1. The molecule has 0 radical (unpaired) electrons. The second-order valence-corrected chi connectivity index (χ2v) is 7.00. The molecule has 2 aliphatic rings. The monoisotopic (exact) mass is 374 g/mol. The maximum absolute atomic E-state index is 12.8. The Labute approximate surface area is 153 Å². The van der Waals surface area contributed by atoms with E-state index in [0.29, 0.717) is 5.75 Å². The number of ether oxygens (including phenoxy) is 1. The number of aromatic nitrogens is 1. The minimum atomic E-state index is -1.20. The quantitative estimate of drug-likeness (QED) is 0.834. The summed E-state index contributed by atoms with van der Waals surface area (Å²) in [5, 5.41) is 9.80. The predicted molar refractivity (Wildman–Crippen MR) is 92.7 cm³/mol. The number of pyridine rings is 1. The Morgan fingerprint density at radius 1 is 1.35 bits per heavy atom. The number of hydrogen-bond acceptors (Lipinski definition) is 4. The van der Waals surface area contributed by atoms with E-state index < -0.39 is 16.9 Å². The van der Waals surface area contributed by atoms with Crippen LogP contribution in [0.1, 0.15) is 21.8 Å². The van der Waals surface area contributed by atoms with E-state index in [1.807, 2.05) is 18.2 Å². The van der Waals surface area contributed by atoms with Gasteiger partial charge in [0.2, 0.25) is 0 Å². The summed E-state index contributed by atoms with van der Waals surface area (Å²) in [6, 6.07) is 8.58. The highest BCUT2D eigenvalue weighted by atomic mass is 35.5. The van der Waals surface area contributed by atoms with Crippen molar-refractivity contribution in [2.24, 2.45) is 5.41 Å². The van der Waals surface area contributed by atoms with Crippen molar-refractivity contribution in [2.45, 2.75) is 5.92 Å². The third kappa shape index (κ3) is 2.39. The van der Waals surface area contributed by atoms with E-state index in [1.54, 1.807) is 6.07 Å². The highest BCUT2D eigenvalue weighted by Crippen LogP contribution is 2.49. The molecule has 2 atom stereocenters. The molecular formula is C18H15ClN2O5. The van der Waals surface area contributed by atoms with Gasteiger partial charge in [-0.15, -0.1) is 0 Å². The van der Waals surface area contributed by atoms with Crippen molar-refractivity contribution in [1.82, 2.24) is 9.88 Å².